The Morgan fingerprint density at radius 1 is 1.00 bits per heavy atom. The summed E-state index contributed by atoms with van der Waals surface area (Å²) in [6, 6.07) is 6.43. The van der Waals surface area contributed by atoms with Crippen LogP contribution in [0.4, 0.5) is 10.6 Å². The summed E-state index contributed by atoms with van der Waals surface area (Å²) in [6.45, 7) is 0.971. The Labute approximate surface area is 173 Å². The number of hydrogen-bond acceptors (Lipinski definition) is 7. The lowest BCUT2D eigenvalue weighted by Crippen LogP contribution is -2.46. The van der Waals surface area contributed by atoms with E-state index in [9.17, 15) is 14.4 Å². The molecule has 158 valence electrons. The number of ether oxygens (including phenoxy) is 2. The van der Waals surface area contributed by atoms with Gasteiger partial charge in [0.15, 0.2) is 11.5 Å². The van der Waals surface area contributed by atoms with Crippen LogP contribution in [-0.4, -0.2) is 66.1 Å². The van der Waals surface area contributed by atoms with Gasteiger partial charge in [-0.3, -0.25) is 9.59 Å². The largest absolute Gasteiger partial charge is 0.497 e. The number of nitrogens with one attached hydrogen (secondary N) is 2. The van der Waals surface area contributed by atoms with Gasteiger partial charge in [0.1, 0.15) is 5.75 Å². The maximum Gasteiger partial charge on any atom is 0.409 e. The third-order valence-corrected chi connectivity index (χ3v) is 4.76. The molecule has 0 aliphatic carbocycles. The fraction of sp³-hybridized carbons (Fsp3) is 0.350. The average molecular weight is 413 g/mol. The number of amides is 3. The van der Waals surface area contributed by atoms with Gasteiger partial charge in [-0.05, 0) is 37.1 Å². The maximum atomic E-state index is 12.7. The minimum Gasteiger partial charge on any atom is -0.497 e. The topological polar surface area (TPSA) is 123 Å². The van der Waals surface area contributed by atoms with E-state index in [1.165, 1.54) is 19.5 Å². The van der Waals surface area contributed by atoms with Crippen LogP contribution in [0.2, 0.25) is 0 Å². The van der Waals surface area contributed by atoms with Gasteiger partial charge in [0, 0.05) is 37.1 Å². The van der Waals surface area contributed by atoms with Crippen molar-refractivity contribution in [1.82, 2.24) is 20.2 Å². The van der Waals surface area contributed by atoms with Crippen molar-refractivity contribution in [2.75, 3.05) is 32.6 Å². The molecule has 2 N–H and O–H groups in total. The molecule has 0 radical (unpaired) electrons. The number of aromatic nitrogens is 2. The van der Waals surface area contributed by atoms with Crippen molar-refractivity contribution >= 4 is 23.7 Å². The van der Waals surface area contributed by atoms with Gasteiger partial charge in [-0.25, -0.2) is 14.8 Å². The number of carbonyl (C=O) groups excluding carboxylic acids is 3. The van der Waals surface area contributed by atoms with E-state index in [2.05, 4.69) is 20.6 Å². The molecule has 2 aromatic rings. The van der Waals surface area contributed by atoms with Crippen LogP contribution in [0.5, 0.6) is 5.75 Å². The highest BCUT2D eigenvalue weighted by Crippen LogP contribution is 2.16. The molecule has 3 rings (SSSR count). The summed E-state index contributed by atoms with van der Waals surface area (Å²) in [6.07, 6.45) is 3.59. The number of benzene rings is 1. The van der Waals surface area contributed by atoms with Crippen molar-refractivity contribution in [1.29, 1.82) is 0 Å². The predicted octanol–water partition coefficient (Wildman–Crippen LogP) is 1.70. The first-order valence-corrected chi connectivity index (χ1v) is 9.42. The highest BCUT2D eigenvalue weighted by Gasteiger charge is 2.26. The molecule has 0 saturated carbocycles. The lowest BCUT2D eigenvalue weighted by Gasteiger charge is -2.31. The van der Waals surface area contributed by atoms with Crippen LogP contribution in [0, 0.1) is 0 Å². The fourth-order valence-electron chi connectivity index (χ4n) is 3.11. The van der Waals surface area contributed by atoms with Gasteiger partial charge in [-0.2, -0.15) is 0 Å². The smallest absolute Gasteiger partial charge is 0.409 e. The summed E-state index contributed by atoms with van der Waals surface area (Å²) in [5, 5.41) is 5.52. The Morgan fingerprint density at radius 2 is 1.67 bits per heavy atom. The molecule has 1 aromatic carbocycles. The van der Waals surface area contributed by atoms with E-state index in [1.54, 1.807) is 36.3 Å². The first kappa shape index (κ1) is 21.0. The molecule has 0 atom stereocenters. The Kier molecular flexibility index (Phi) is 6.79. The summed E-state index contributed by atoms with van der Waals surface area (Å²) in [5.41, 5.74) is 0.415. The van der Waals surface area contributed by atoms with E-state index >= 15 is 0 Å². The van der Waals surface area contributed by atoms with Gasteiger partial charge in [0.2, 0.25) is 0 Å². The van der Waals surface area contributed by atoms with Crippen molar-refractivity contribution in [2.24, 2.45) is 0 Å². The first-order valence-electron chi connectivity index (χ1n) is 9.42. The van der Waals surface area contributed by atoms with Crippen molar-refractivity contribution in [2.45, 2.75) is 18.9 Å². The molecule has 1 fully saturated rings. The molecule has 1 aliphatic rings. The molecule has 0 unspecified atom stereocenters. The van der Waals surface area contributed by atoms with E-state index in [4.69, 9.17) is 9.47 Å². The first-order chi connectivity index (χ1) is 14.5. The number of hydrogen-bond donors (Lipinski definition) is 2. The van der Waals surface area contributed by atoms with E-state index in [1.807, 2.05) is 0 Å². The van der Waals surface area contributed by atoms with Crippen molar-refractivity contribution < 1.29 is 23.9 Å². The summed E-state index contributed by atoms with van der Waals surface area (Å²) >= 11 is 0. The lowest BCUT2D eigenvalue weighted by molar-refractivity contribution is 0.0888. The molecular formula is C20H23N5O5. The minimum atomic E-state index is -0.440. The van der Waals surface area contributed by atoms with Crippen LogP contribution in [-0.2, 0) is 4.74 Å². The number of carbonyl (C=O) groups is 3. The molecule has 3 amide bonds. The molecule has 0 bridgehead atoms. The Bertz CT molecular complexity index is 910. The van der Waals surface area contributed by atoms with E-state index in [0.717, 1.165) is 0 Å². The zero-order valence-electron chi connectivity index (χ0n) is 16.8. The molecule has 30 heavy (non-hydrogen) atoms. The van der Waals surface area contributed by atoms with Crippen LogP contribution in [0.15, 0.2) is 36.7 Å². The lowest BCUT2D eigenvalue weighted by atomic mass is 10.1. The summed E-state index contributed by atoms with van der Waals surface area (Å²) in [5.74, 6) is -0.157. The molecule has 1 aromatic heterocycles. The van der Waals surface area contributed by atoms with E-state index in [-0.39, 0.29) is 23.6 Å². The number of nitrogens with zero attached hydrogens (tertiary/aromatic N) is 3. The van der Waals surface area contributed by atoms with Crippen LogP contribution < -0.4 is 15.4 Å². The summed E-state index contributed by atoms with van der Waals surface area (Å²) in [4.78, 5) is 46.6. The average Bonchev–Trinajstić information content (AvgIpc) is 2.79. The zero-order valence-corrected chi connectivity index (χ0v) is 16.8. The third-order valence-electron chi connectivity index (χ3n) is 4.76. The van der Waals surface area contributed by atoms with Crippen molar-refractivity contribution in [3.63, 3.8) is 0 Å². The molecule has 10 heteroatoms. The van der Waals surface area contributed by atoms with Gasteiger partial charge in [0.25, 0.3) is 11.8 Å². The van der Waals surface area contributed by atoms with Crippen LogP contribution >= 0.6 is 0 Å². The molecular weight excluding hydrogens is 390 g/mol. The highest BCUT2D eigenvalue weighted by atomic mass is 16.5. The SMILES string of the molecule is COC(=O)N1CCC(NC(=O)c2nccnc2NC(=O)c2ccc(OC)cc2)CC1. The molecule has 10 nitrogen and oxygen atoms in total. The van der Waals surface area contributed by atoms with Crippen molar-refractivity contribution in [3.8, 4) is 5.75 Å². The van der Waals surface area contributed by atoms with E-state index in [0.29, 0.717) is 37.2 Å². The zero-order chi connectivity index (χ0) is 21.5. The number of likely N-dealkylation sites (tertiary alicyclic amines) is 1. The maximum absolute atomic E-state index is 12.7. The van der Waals surface area contributed by atoms with Gasteiger partial charge >= 0.3 is 6.09 Å². The predicted molar refractivity (Wildman–Crippen MR) is 107 cm³/mol. The van der Waals surface area contributed by atoms with Crippen molar-refractivity contribution in [3.05, 3.63) is 47.9 Å². The number of methoxy groups -OCH3 is 2. The van der Waals surface area contributed by atoms with Crippen LogP contribution in [0.1, 0.15) is 33.7 Å². The molecule has 1 aliphatic heterocycles. The van der Waals surface area contributed by atoms with Crippen LogP contribution in [0.3, 0.4) is 0 Å². The number of rotatable bonds is 5. The van der Waals surface area contributed by atoms with Gasteiger partial charge < -0.3 is 25.0 Å². The second-order valence-electron chi connectivity index (χ2n) is 6.64. The van der Waals surface area contributed by atoms with E-state index < -0.39 is 11.8 Å². The van der Waals surface area contributed by atoms with Crippen LogP contribution in [0.25, 0.3) is 0 Å². The molecule has 2 heterocycles. The Balaban J connectivity index is 1.63. The van der Waals surface area contributed by atoms with Gasteiger partial charge in [-0.1, -0.05) is 0 Å². The fourth-order valence-corrected chi connectivity index (χ4v) is 3.11. The standard InChI is InChI=1S/C20H23N5O5/c1-29-15-5-3-13(4-6-15)18(26)24-17-16(21-9-10-22-17)19(27)23-14-7-11-25(12-8-14)20(28)30-2/h3-6,9-10,14H,7-8,11-12H2,1-2H3,(H,23,27)(H,22,24,26). The second-order valence-corrected chi connectivity index (χ2v) is 6.64. The quantitative estimate of drug-likeness (QED) is 0.765. The third kappa shape index (κ3) is 5.02. The molecule has 0 spiro atoms. The Hall–Kier alpha value is -3.69. The molecule has 1 saturated heterocycles. The Morgan fingerprint density at radius 3 is 2.30 bits per heavy atom. The summed E-state index contributed by atoms with van der Waals surface area (Å²) in [7, 11) is 2.88. The van der Waals surface area contributed by atoms with Gasteiger partial charge in [-0.15, -0.1) is 0 Å². The normalized spacial score (nSPS) is 14.0. The van der Waals surface area contributed by atoms with Gasteiger partial charge in [0.05, 0.1) is 14.2 Å². The monoisotopic (exact) mass is 413 g/mol. The summed E-state index contributed by atoms with van der Waals surface area (Å²) < 4.78 is 9.79. The number of anilines is 1. The highest BCUT2D eigenvalue weighted by molar-refractivity contribution is 6.07. The minimum absolute atomic E-state index is 0.0229. The number of piperidine rings is 1. The second kappa shape index (κ2) is 9.68.